The third-order valence-corrected chi connectivity index (χ3v) is 4.98. The SMILES string of the molecule is CC(C)SNC1CCc2cc(Cc3cccc(N)c3)ccc21.CS. The van der Waals surface area contributed by atoms with Gasteiger partial charge < -0.3 is 5.73 Å². The molecule has 24 heavy (non-hydrogen) atoms. The Hall–Kier alpha value is -1.10. The molecule has 2 nitrogen and oxygen atoms in total. The molecule has 0 saturated heterocycles. The topological polar surface area (TPSA) is 38.0 Å². The predicted octanol–water partition coefficient (Wildman–Crippen LogP) is 5.04. The number of benzene rings is 2. The van der Waals surface area contributed by atoms with Crippen molar-refractivity contribution in [3.63, 3.8) is 0 Å². The van der Waals surface area contributed by atoms with E-state index in [9.17, 15) is 0 Å². The van der Waals surface area contributed by atoms with Gasteiger partial charge in [0.25, 0.3) is 0 Å². The smallest absolute Gasteiger partial charge is 0.0427 e. The van der Waals surface area contributed by atoms with Gasteiger partial charge in [0.2, 0.25) is 0 Å². The summed E-state index contributed by atoms with van der Waals surface area (Å²) in [6.45, 7) is 4.45. The van der Waals surface area contributed by atoms with Crippen LogP contribution in [0.5, 0.6) is 0 Å². The van der Waals surface area contributed by atoms with Crippen molar-refractivity contribution in [2.24, 2.45) is 0 Å². The molecule has 4 heteroatoms. The summed E-state index contributed by atoms with van der Waals surface area (Å²) in [5, 5.41) is 0.617. The van der Waals surface area contributed by atoms with Crippen LogP contribution in [0.2, 0.25) is 0 Å². The van der Waals surface area contributed by atoms with Crippen LogP contribution in [0.1, 0.15) is 48.6 Å². The Kier molecular flexibility index (Phi) is 7.53. The summed E-state index contributed by atoms with van der Waals surface area (Å²) in [7, 11) is 0. The number of anilines is 1. The molecule has 0 heterocycles. The van der Waals surface area contributed by atoms with Gasteiger partial charge in [-0.2, -0.15) is 12.6 Å². The van der Waals surface area contributed by atoms with Crippen LogP contribution in [0, 0.1) is 0 Å². The second-order valence-electron chi connectivity index (χ2n) is 6.33. The summed E-state index contributed by atoms with van der Waals surface area (Å²) in [4.78, 5) is 0. The molecule has 1 atom stereocenters. The Bertz CT molecular complexity index is 656. The molecule has 0 spiro atoms. The molecule has 1 aliphatic carbocycles. The summed E-state index contributed by atoms with van der Waals surface area (Å²) in [6, 6.07) is 15.6. The van der Waals surface area contributed by atoms with Crippen LogP contribution in [0.4, 0.5) is 5.69 Å². The monoisotopic (exact) mass is 360 g/mol. The lowest BCUT2D eigenvalue weighted by Gasteiger charge is -2.15. The fraction of sp³-hybridized carbons (Fsp3) is 0.400. The van der Waals surface area contributed by atoms with Crippen LogP contribution in [0.25, 0.3) is 0 Å². The molecular formula is C20H28N2S2. The summed E-state index contributed by atoms with van der Waals surface area (Å²) in [5.74, 6) is 0. The van der Waals surface area contributed by atoms with Crippen LogP contribution in [0.3, 0.4) is 0 Å². The van der Waals surface area contributed by atoms with Crippen molar-refractivity contribution >= 4 is 30.3 Å². The molecule has 0 bridgehead atoms. The van der Waals surface area contributed by atoms with E-state index in [1.54, 1.807) is 6.26 Å². The lowest BCUT2D eigenvalue weighted by Crippen LogP contribution is -2.13. The third kappa shape index (κ3) is 5.20. The molecule has 2 aromatic rings. The number of nitrogens with two attached hydrogens (primary N) is 1. The van der Waals surface area contributed by atoms with E-state index in [0.717, 1.165) is 12.1 Å². The number of thiol groups is 1. The number of fused-ring (bicyclic) bond motifs is 1. The molecule has 130 valence electrons. The van der Waals surface area contributed by atoms with Gasteiger partial charge in [0.05, 0.1) is 0 Å². The number of hydrogen-bond acceptors (Lipinski definition) is 4. The highest BCUT2D eigenvalue weighted by molar-refractivity contribution is 7.97. The Morgan fingerprint density at radius 2 is 1.92 bits per heavy atom. The Labute approximate surface area is 156 Å². The fourth-order valence-corrected chi connectivity index (χ4v) is 3.74. The summed E-state index contributed by atoms with van der Waals surface area (Å²) >= 11 is 5.36. The number of nitrogens with one attached hydrogen (secondary N) is 1. The van der Waals surface area contributed by atoms with E-state index in [-0.39, 0.29) is 0 Å². The first-order valence-corrected chi connectivity index (χ1v) is 10.2. The number of nitrogen functional groups attached to an aromatic ring is 1. The maximum atomic E-state index is 5.87. The minimum atomic E-state index is 0.504. The van der Waals surface area contributed by atoms with Crippen LogP contribution < -0.4 is 10.5 Å². The molecule has 0 radical (unpaired) electrons. The van der Waals surface area contributed by atoms with E-state index in [4.69, 9.17) is 5.73 Å². The summed E-state index contributed by atoms with van der Waals surface area (Å²) in [6.07, 6.45) is 5.03. The maximum absolute atomic E-state index is 5.87. The van der Waals surface area contributed by atoms with Crippen LogP contribution in [0.15, 0.2) is 42.5 Å². The van der Waals surface area contributed by atoms with Gasteiger partial charge >= 0.3 is 0 Å². The van der Waals surface area contributed by atoms with Gasteiger partial charge in [-0.1, -0.05) is 56.1 Å². The number of hydrogen-bond donors (Lipinski definition) is 3. The van der Waals surface area contributed by atoms with Gasteiger partial charge in [0, 0.05) is 17.0 Å². The van der Waals surface area contributed by atoms with Gasteiger partial charge in [0.15, 0.2) is 0 Å². The van der Waals surface area contributed by atoms with Crippen molar-refractivity contribution in [3.05, 3.63) is 64.7 Å². The molecule has 0 fully saturated rings. The molecule has 0 saturated carbocycles. The Balaban J connectivity index is 0.00000100. The highest BCUT2D eigenvalue weighted by Crippen LogP contribution is 2.34. The first-order valence-electron chi connectivity index (χ1n) is 8.44. The lowest BCUT2D eigenvalue weighted by molar-refractivity contribution is 0.665. The molecule has 0 aromatic heterocycles. The average molecular weight is 361 g/mol. The first kappa shape index (κ1) is 19.2. The van der Waals surface area contributed by atoms with Crippen molar-refractivity contribution in [2.75, 3.05) is 12.0 Å². The fourth-order valence-electron chi connectivity index (χ4n) is 3.06. The zero-order valence-electron chi connectivity index (χ0n) is 14.8. The van der Waals surface area contributed by atoms with Gasteiger partial charge in [0.1, 0.15) is 0 Å². The molecule has 0 aliphatic heterocycles. The van der Waals surface area contributed by atoms with Crippen LogP contribution in [-0.2, 0) is 12.8 Å². The van der Waals surface area contributed by atoms with E-state index in [2.05, 4.69) is 61.5 Å². The van der Waals surface area contributed by atoms with E-state index in [0.29, 0.717) is 11.3 Å². The van der Waals surface area contributed by atoms with E-state index >= 15 is 0 Å². The van der Waals surface area contributed by atoms with Gasteiger partial charge in [-0.05, 0) is 59.9 Å². The van der Waals surface area contributed by atoms with Crippen LogP contribution >= 0.6 is 24.6 Å². The zero-order chi connectivity index (χ0) is 17.5. The van der Waals surface area contributed by atoms with Gasteiger partial charge in [-0.15, -0.1) is 0 Å². The average Bonchev–Trinajstić information content (AvgIpc) is 2.97. The summed E-state index contributed by atoms with van der Waals surface area (Å²) in [5.41, 5.74) is 12.3. The van der Waals surface area contributed by atoms with E-state index < -0.39 is 0 Å². The highest BCUT2D eigenvalue weighted by atomic mass is 32.2. The minimum absolute atomic E-state index is 0.504. The Morgan fingerprint density at radius 3 is 2.62 bits per heavy atom. The first-order chi connectivity index (χ1) is 11.6. The van der Waals surface area contributed by atoms with Crippen LogP contribution in [-0.4, -0.2) is 11.5 Å². The molecule has 2 aromatic carbocycles. The molecule has 0 amide bonds. The maximum Gasteiger partial charge on any atom is 0.0427 e. The second kappa shape index (κ2) is 9.40. The second-order valence-corrected chi connectivity index (χ2v) is 7.74. The predicted molar refractivity (Wildman–Crippen MR) is 112 cm³/mol. The molecule has 3 N–H and O–H groups in total. The number of aryl methyl sites for hydroxylation is 1. The lowest BCUT2D eigenvalue weighted by atomic mass is 10.00. The Morgan fingerprint density at radius 1 is 1.17 bits per heavy atom. The van der Waals surface area contributed by atoms with Crippen molar-refractivity contribution in [2.45, 2.75) is 44.4 Å². The van der Waals surface area contributed by atoms with E-state index in [1.165, 1.54) is 35.1 Å². The van der Waals surface area contributed by atoms with Crippen molar-refractivity contribution in [1.82, 2.24) is 4.72 Å². The summed E-state index contributed by atoms with van der Waals surface area (Å²) < 4.78 is 3.61. The largest absolute Gasteiger partial charge is 0.399 e. The van der Waals surface area contributed by atoms with Crippen molar-refractivity contribution < 1.29 is 0 Å². The molecule has 1 aliphatic rings. The quantitative estimate of drug-likeness (QED) is 0.397. The van der Waals surface area contributed by atoms with Gasteiger partial charge in [-0.25, -0.2) is 0 Å². The molecule has 3 rings (SSSR count). The minimum Gasteiger partial charge on any atom is -0.399 e. The third-order valence-electron chi connectivity index (χ3n) is 4.09. The zero-order valence-corrected chi connectivity index (χ0v) is 16.5. The molecular weight excluding hydrogens is 332 g/mol. The van der Waals surface area contributed by atoms with E-state index in [1.807, 2.05) is 24.1 Å². The van der Waals surface area contributed by atoms with Crippen molar-refractivity contribution in [1.29, 1.82) is 0 Å². The number of rotatable bonds is 5. The standard InChI is InChI=1S/C19H24N2S.CH4S/c1-13(2)22-21-19-9-7-16-11-15(6-8-18(16)19)10-14-4-3-5-17(20)12-14;1-2/h3-6,8,11-13,19,21H,7,9-10,20H2,1-2H3;2H,1H3. The normalized spacial score (nSPS) is 15.8. The van der Waals surface area contributed by atoms with Crippen molar-refractivity contribution in [3.8, 4) is 0 Å². The molecule has 1 unspecified atom stereocenters. The van der Waals surface area contributed by atoms with Gasteiger partial charge in [-0.3, -0.25) is 4.72 Å². The highest BCUT2D eigenvalue weighted by Gasteiger charge is 2.22.